The van der Waals surface area contributed by atoms with Crippen molar-refractivity contribution in [3.05, 3.63) is 0 Å². The molecule has 1 saturated heterocycles. The molecule has 2 aliphatic rings. The van der Waals surface area contributed by atoms with Crippen molar-refractivity contribution in [3.8, 4) is 0 Å². The molecule has 1 aliphatic heterocycles. The second-order valence-corrected chi connectivity index (χ2v) is 6.25. The van der Waals surface area contributed by atoms with E-state index >= 15 is 0 Å². The first-order valence-corrected chi connectivity index (χ1v) is 7.85. The number of amides is 4. The summed E-state index contributed by atoms with van der Waals surface area (Å²) in [6.45, 7) is 1.89. The van der Waals surface area contributed by atoms with Crippen molar-refractivity contribution in [2.75, 3.05) is 20.7 Å². The van der Waals surface area contributed by atoms with Gasteiger partial charge in [0.25, 0.3) is 5.91 Å². The molecule has 124 valence electrons. The van der Waals surface area contributed by atoms with Gasteiger partial charge in [0, 0.05) is 20.0 Å². The van der Waals surface area contributed by atoms with Crippen LogP contribution in [0, 0.1) is 5.92 Å². The molecule has 0 aromatic rings. The first-order chi connectivity index (χ1) is 10.4. The summed E-state index contributed by atoms with van der Waals surface area (Å²) in [7, 11) is 2.89. The number of rotatable bonds is 5. The molecule has 1 saturated carbocycles. The fourth-order valence-electron chi connectivity index (χ4n) is 3.34. The zero-order chi connectivity index (χ0) is 16.3. The average Bonchev–Trinajstić information content (AvgIpc) is 2.75. The Morgan fingerprint density at radius 2 is 2.00 bits per heavy atom. The largest absolute Gasteiger partial charge is 0.325 e. The highest BCUT2D eigenvalue weighted by molar-refractivity contribution is 6.07. The Hall–Kier alpha value is -1.63. The molecule has 1 N–H and O–H groups in total. The number of hydrogen-bond acceptors (Lipinski definition) is 4. The van der Waals surface area contributed by atoms with Crippen molar-refractivity contribution in [3.63, 3.8) is 0 Å². The first kappa shape index (κ1) is 16.7. The van der Waals surface area contributed by atoms with E-state index in [4.69, 9.17) is 4.84 Å². The van der Waals surface area contributed by atoms with Gasteiger partial charge in [-0.1, -0.05) is 19.3 Å². The van der Waals surface area contributed by atoms with E-state index in [1.54, 1.807) is 0 Å². The van der Waals surface area contributed by atoms with Crippen molar-refractivity contribution in [2.45, 2.75) is 51.0 Å². The third kappa shape index (κ3) is 3.09. The number of nitrogens with one attached hydrogen (secondary N) is 1. The molecule has 4 amide bonds. The Balaban J connectivity index is 2.00. The van der Waals surface area contributed by atoms with Gasteiger partial charge in [0.1, 0.15) is 5.54 Å². The number of hydroxylamine groups is 2. The van der Waals surface area contributed by atoms with E-state index in [0.717, 1.165) is 35.6 Å². The summed E-state index contributed by atoms with van der Waals surface area (Å²) in [6, 6.07) is -0.397. The minimum absolute atomic E-state index is 0.0598. The maximum Gasteiger partial charge on any atom is 0.325 e. The molecular weight excluding hydrogens is 286 g/mol. The molecule has 1 atom stereocenters. The summed E-state index contributed by atoms with van der Waals surface area (Å²) >= 11 is 0. The quantitative estimate of drug-likeness (QED) is 0.613. The Labute approximate surface area is 130 Å². The molecule has 0 spiro atoms. The van der Waals surface area contributed by atoms with Crippen molar-refractivity contribution in [1.82, 2.24) is 15.3 Å². The minimum atomic E-state index is -0.826. The fourth-order valence-corrected chi connectivity index (χ4v) is 3.34. The SMILES string of the molecule is CON(C)C(=O)CCN1C(=O)NC(C)(C2CCCCC2)C1=O. The van der Waals surface area contributed by atoms with Crippen LogP contribution in [0.25, 0.3) is 0 Å². The summed E-state index contributed by atoms with van der Waals surface area (Å²) in [5.41, 5.74) is -0.826. The molecule has 7 heteroatoms. The van der Waals surface area contributed by atoms with Crippen LogP contribution in [0.15, 0.2) is 0 Å². The third-order valence-corrected chi connectivity index (χ3v) is 4.90. The van der Waals surface area contributed by atoms with Gasteiger partial charge in [0.05, 0.1) is 7.11 Å². The summed E-state index contributed by atoms with van der Waals surface area (Å²) < 4.78 is 0. The standard InChI is InChI=1S/C15H25N3O4/c1-15(11-7-5-4-6-8-11)13(20)18(14(21)16-15)10-9-12(19)17(2)22-3/h11H,4-10H2,1-3H3,(H,16,21). The van der Waals surface area contributed by atoms with Crippen molar-refractivity contribution >= 4 is 17.8 Å². The van der Waals surface area contributed by atoms with Crippen LogP contribution in [0.4, 0.5) is 4.79 Å². The zero-order valence-electron chi connectivity index (χ0n) is 13.6. The number of carbonyl (C=O) groups excluding carboxylic acids is 3. The van der Waals surface area contributed by atoms with E-state index in [1.807, 2.05) is 6.92 Å². The second kappa shape index (κ2) is 6.64. The van der Waals surface area contributed by atoms with Gasteiger partial charge >= 0.3 is 6.03 Å². The molecule has 0 aromatic carbocycles. The van der Waals surface area contributed by atoms with Crippen LogP contribution >= 0.6 is 0 Å². The number of nitrogens with zero attached hydrogens (tertiary/aromatic N) is 2. The van der Waals surface area contributed by atoms with Gasteiger partial charge in [0.2, 0.25) is 5.91 Å². The normalized spacial score (nSPS) is 26.2. The van der Waals surface area contributed by atoms with Gasteiger partial charge < -0.3 is 5.32 Å². The summed E-state index contributed by atoms with van der Waals surface area (Å²) in [6.07, 6.45) is 5.37. The Morgan fingerprint density at radius 1 is 1.36 bits per heavy atom. The Bertz CT molecular complexity index is 462. The fraction of sp³-hybridized carbons (Fsp3) is 0.800. The number of carbonyl (C=O) groups is 3. The molecule has 2 fully saturated rings. The molecule has 1 aliphatic carbocycles. The highest BCUT2D eigenvalue weighted by Crippen LogP contribution is 2.36. The van der Waals surface area contributed by atoms with Crippen LogP contribution < -0.4 is 5.32 Å². The topological polar surface area (TPSA) is 79.0 Å². The number of urea groups is 1. The van der Waals surface area contributed by atoms with Gasteiger partial charge in [-0.05, 0) is 25.7 Å². The van der Waals surface area contributed by atoms with E-state index in [1.165, 1.54) is 20.6 Å². The number of imide groups is 1. The molecule has 1 unspecified atom stereocenters. The lowest BCUT2D eigenvalue weighted by molar-refractivity contribution is -0.168. The van der Waals surface area contributed by atoms with Crippen LogP contribution in [0.5, 0.6) is 0 Å². The van der Waals surface area contributed by atoms with Gasteiger partial charge in [-0.2, -0.15) is 0 Å². The van der Waals surface area contributed by atoms with E-state index < -0.39 is 11.6 Å². The maximum absolute atomic E-state index is 12.7. The molecule has 22 heavy (non-hydrogen) atoms. The van der Waals surface area contributed by atoms with Crippen LogP contribution in [0.1, 0.15) is 45.4 Å². The monoisotopic (exact) mass is 311 g/mol. The number of hydrogen-bond donors (Lipinski definition) is 1. The zero-order valence-corrected chi connectivity index (χ0v) is 13.6. The molecule has 1 heterocycles. The Morgan fingerprint density at radius 3 is 2.59 bits per heavy atom. The summed E-state index contributed by atoms with van der Waals surface area (Å²) in [5, 5.41) is 3.94. The lowest BCUT2D eigenvalue weighted by Crippen LogP contribution is -2.51. The lowest BCUT2D eigenvalue weighted by Gasteiger charge is -2.34. The first-order valence-electron chi connectivity index (χ1n) is 7.85. The van der Waals surface area contributed by atoms with Crippen molar-refractivity contribution in [1.29, 1.82) is 0 Å². The van der Waals surface area contributed by atoms with Crippen LogP contribution in [0.2, 0.25) is 0 Å². The predicted molar refractivity (Wildman–Crippen MR) is 79.6 cm³/mol. The maximum atomic E-state index is 12.7. The minimum Gasteiger partial charge on any atom is -0.323 e. The van der Waals surface area contributed by atoms with E-state index in [-0.39, 0.29) is 30.7 Å². The smallest absolute Gasteiger partial charge is 0.323 e. The van der Waals surface area contributed by atoms with E-state index in [0.29, 0.717) is 0 Å². The second-order valence-electron chi connectivity index (χ2n) is 6.25. The molecule has 0 aromatic heterocycles. The van der Waals surface area contributed by atoms with Gasteiger partial charge in [-0.3, -0.25) is 19.3 Å². The van der Waals surface area contributed by atoms with Gasteiger partial charge in [-0.25, -0.2) is 9.86 Å². The highest BCUT2D eigenvalue weighted by atomic mass is 16.7. The average molecular weight is 311 g/mol. The lowest BCUT2D eigenvalue weighted by atomic mass is 9.75. The van der Waals surface area contributed by atoms with Gasteiger partial charge in [0.15, 0.2) is 0 Å². The Kier molecular flexibility index (Phi) is 5.05. The van der Waals surface area contributed by atoms with Crippen LogP contribution in [-0.4, -0.2) is 54.0 Å². The van der Waals surface area contributed by atoms with Crippen molar-refractivity contribution in [2.24, 2.45) is 5.92 Å². The van der Waals surface area contributed by atoms with Crippen LogP contribution in [0.3, 0.4) is 0 Å². The molecular formula is C15H25N3O4. The highest BCUT2D eigenvalue weighted by Gasteiger charge is 2.52. The third-order valence-electron chi connectivity index (χ3n) is 4.90. The molecule has 2 rings (SSSR count). The predicted octanol–water partition coefficient (Wildman–Crippen LogP) is 1.29. The summed E-state index contributed by atoms with van der Waals surface area (Å²) in [4.78, 5) is 42.5. The molecule has 7 nitrogen and oxygen atoms in total. The van der Waals surface area contributed by atoms with Crippen molar-refractivity contribution < 1.29 is 19.2 Å². The molecule has 0 radical (unpaired) electrons. The van der Waals surface area contributed by atoms with Crippen LogP contribution in [-0.2, 0) is 14.4 Å². The van der Waals surface area contributed by atoms with E-state index in [9.17, 15) is 14.4 Å². The molecule has 0 bridgehead atoms. The summed E-state index contributed by atoms with van der Waals surface area (Å²) in [5.74, 6) is -0.299. The van der Waals surface area contributed by atoms with E-state index in [2.05, 4.69) is 5.32 Å². The van der Waals surface area contributed by atoms with Gasteiger partial charge in [-0.15, -0.1) is 0 Å².